The predicted octanol–water partition coefficient (Wildman–Crippen LogP) is 2.46. The number of anilines is 1. The summed E-state index contributed by atoms with van der Waals surface area (Å²) in [6.45, 7) is 2.01. The van der Waals surface area contributed by atoms with E-state index in [9.17, 15) is 23.9 Å². The number of esters is 1. The molecule has 0 aliphatic heterocycles. The number of halogens is 1. The van der Waals surface area contributed by atoms with Crippen molar-refractivity contribution in [3.63, 3.8) is 0 Å². The quantitative estimate of drug-likeness (QED) is 0.376. The first kappa shape index (κ1) is 28.2. The van der Waals surface area contributed by atoms with Crippen molar-refractivity contribution < 1.29 is 38.1 Å². The molecular formula is C25H28FN3O7. The van der Waals surface area contributed by atoms with Crippen LogP contribution in [0.4, 0.5) is 14.9 Å². The summed E-state index contributed by atoms with van der Waals surface area (Å²) in [5, 5.41) is 23.3. The molecule has 0 aliphatic carbocycles. The number of nitrogens with one attached hydrogen (secondary N) is 2. The van der Waals surface area contributed by atoms with Gasteiger partial charge in [0.1, 0.15) is 18.5 Å². The fourth-order valence-corrected chi connectivity index (χ4v) is 2.81. The minimum atomic E-state index is -1.24. The van der Waals surface area contributed by atoms with Crippen LogP contribution >= 0.6 is 0 Å². The molecule has 1 atom stereocenters. The fourth-order valence-electron chi connectivity index (χ4n) is 2.81. The first-order chi connectivity index (χ1) is 17.1. The van der Waals surface area contributed by atoms with Crippen LogP contribution in [-0.4, -0.2) is 54.5 Å². The lowest BCUT2D eigenvalue weighted by Crippen LogP contribution is -2.46. The second-order valence-corrected chi connectivity index (χ2v) is 8.41. The van der Waals surface area contributed by atoms with Gasteiger partial charge in [-0.1, -0.05) is 24.3 Å². The summed E-state index contributed by atoms with van der Waals surface area (Å²) in [5.74, 6) is -1.53. The normalized spacial score (nSPS) is 11.6. The van der Waals surface area contributed by atoms with Crippen LogP contribution < -0.4 is 10.6 Å². The Balaban J connectivity index is 1.83. The van der Waals surface area contributed by atoms with Crippen molar-refractivity contribution in [2.24, 2.45) is 0 Å². The largest absolute Gasteiger partial charge is 0.449 e. The van der Waals surface area contributed by atoms with Gasteiger partial charge < -0.3 is 30.0 Å². The van der Waals surface area contributed by atoms with E-state index in [2.05, 4.69) is 10.6 Å². The summed E-state index contributed by atoms with van der Waals surface area (Å²) in [4.78, 5) is 36.4. The molecule has 0 fully saturated rings. The summed E-state index contributed by atoms with van der Waals surface area (Å²) in [6.07, 6.45) is -0.833. The number of carbonyl (C=O) groups is 3. The minimum Gasteiger partial charge on any atom is -0.449 e. The van der Waals surface area contributed by atoms with Crippen molar-refractivity contribution >= 4 is 23.7 Å². The maximum Gasteiger partial charge on any atom is 0.408 e. The van der Waals surface area contributed by atoms with Gasteiger partial charge in [0.15, 0.2) is 12.6 Å². The van der Waals surface area contributed by atoms with Crippen LogP contribution in [-0.2, 0) is 36.8 Å². The standard InChI is InChI=1S/C25H28FN3O7/c1-25(2,33)16-34-15-21(23(31)35-12-11-27)29-24(32)36-14-18-5-9-20(10-6-18)28-22(30)13-17-3-7-19(26)8-4-17/h3-10,21,33H,12-16H2,1-2H3,(H,28,30)(H,29,32)/t21-/m0/s1. The molecule has 2 rings (SSSR count). The number of nitriles is 1. The Kier molecular flexibility index (Phi) is 10.8. The van der Waals surface area contributed by atoms with Crippen molar-refractivity contribution in [1.29, 1.82) is 5.26 Å². The van der Waals surface area contributed by atoms with Gasteiger partial charge in [-0.3, -0.25) is 4.79 Å². The predicted molar refractivity (Wildman–Crippen MR) is 126 cm³/mol. The number of benzene rings is 2. The van der Waals surface area contributed by atoms with Gasteiger partial charge in [-0.05, 0) is 49.2 Å². The molecule has 2 amide bonds. The topological polar surface area (TPSA) is 147 Å². The Hall–Kier alpha value is -4.01. The van der Waals surface area contributed by atoms with Crippen LogP contribution in [0.25, 0.3) is 0 Å². The Bertz CT molecular complexity index is 1060. The molecule has 0 bridgehead atoms. The lowest BCUT2D eigenvalue weighted by molar-refractivity contribution is -0.147. The van der Waals surface area contributed by atoms with Gasteiger partial charge in [-0.25, -0.2) is 14.0 Å². The molecule has 36 heavy (non-hydrogen) atoms. The van der Waals surface area contributed by atoms with E-state index in [1.54, 1.807) is 30.3 Å². The van der Waals surface area contributed by atoms with Gasteiger partial charge in [0, 0.05) is 5.69 Å². The number of amides is 2. The highest BCUT2D eigenvalue weighted by atomic mass is 19.1. The third-order valence-electron chi connectivity index (χ3n) is 4.48. The number of carbonyl (C=O) groups excluding carboxylic acids is 3. The minimum absolute atomic E-state index is 0.0861. The zero-order valence-corrected chi connectivity index (χ0v) is 20.0. The van der Waals surface area contributed by atoms with E-state index in [1.807, 2.05) is 0 Å². The van der Waals surface area contributed by atoms with Crippen molar-refractivity contribution in [1.82, 2.24) is 5.32 Å². The highest BCUT2D eigenvalue weighted by Gasteiger charge is 2.25. The summed E-state index contributed by atoms with van der Waals surface area (Å²) >= 11 is 0. The molecule has 0 radical (unpaired) electrons. The van der Waals surface area contributed by atoms with Crippen LogP contribution in [0.15, 0.2) is 48.5 Å². The molecular weight excluding hydrogens is 473 g/mol. The van der Waals surface area contributed by atoms with Crippen molar-refractivity contribution in [2.45, 2.75) is 38.5 Å². The molecule has 0 aromatic heterocycles. The van der Waals surface area contributed by atoms with E-state index in [0.29, 0.717) is 16.8 Å². The van der Waals surface area contributed by atoms with Gasteiger partial charge in [0.05, 0.1) is 25.2 Å². The number of rotatable bonds is 12. The zero-order valence-electron chi connectivity index (χ0n) is 20.0. The number of hydrogen-bond acceptors (Lipinski definition) is 8. The van der Waals surface area contributed by atoms with Crippen LogP contribution in [0.3, 0.4) is 0 Å². The molecule has 2 aromatic rings. The average molecular weight is 502 g/mol. The smallest absolute Gasteiger partial charge is 0.408 e. The molecule has 2 aromatic carbocycles. The second-order valence-electron chi connectivity index (χ2n) is 8.41. The molecule has 0 aliphatic rings. The Labute approximate surface area is 208 Å². The molecule has 0 spiro atoms. The third kappa shape index (κ3) is 10.9. The molecule has 192 valence electrons. The highest BCUT2D eigenvalue weighted by Crippen LogP contribution is 2.12. The summed E-state index contributed by atoms with van der Waals surface area (Å²) in [5.41, 5.74) is 0.669. The maximum absolute atomic E-state index is 13.0. The summed E-state index contributed by atoms with van der Waals surface area (Å²) in [6, 6.07) is 12.6. The highest BCUT2D eigenvalue weighted by molar-refractivity contribution is 5.92. The van der Waals surface area contributed by atoms with Crippen molar-refractivity contribution in [2.75, 3.05) is 25.1 Å². The average Bonchev–Trinajstić information content (AvgIpc) is 2.82. The van der Waals surface area contributed by atoms with E-state index < -0.39 is 30.3 Å². The van der Waals surface area contributed by atoms with E-state index in [-0.39, 0.29) is 38.0 Å². The number of nitrogens with zero attached hydrogens (tertiary/aromatic N) is 1. The van der Waals surface area contributed by atoms with Crippen LogP contribution in [0, 0.1) is 17.1 Å². The van der Waals surface area contributed by atoms with Gasteiger partial charge in [0.2, 0.25) is 5.91 Å². The van der Waals surface area contributed by atoms with E-state index in [1.165, 1.54) is 38.1 Å². The molecule has 10 nitrogen and oxygen atoms in total. The molecule has 3 N–H and O–H groups in total. The summed E-state index contributed by atoms with van der Waals surface area (Å²) in [7, 11) is 0. The number of ether oxygens (including phenoxy) is 3. The fraction of sp³-hybridized carbons (Fsp3) is 0.360. The third-order valence-corrected chi connectivity index (χ3v) is 4.48. The Morgan fingerprint density at radius 1 is 1.06 bits per heavy atom. The lowest BCUT2D eigenvalue weighted by Gasteiger charge is -2.21. The van der Waals surface area contributed by atoms with Crippen LogP contribution in [0.2, 0.25) is 0 Å². The van der Waals surface area contributed by atoms with Gasteiger partial charge in [0.25, 0.3) is 0 Å². The van der Waals surface area contributed by atoms with Crippen LogP contribution in [0.5, 0.6) is 0 Å². The Morgan fingerprint density at radius 3 is 2.31 bits per heavy atom. The second kappa shape index (κ2) is 13.8. The molecule has 11 heteroatoms. The van der Waals surface area contributed by atoms with Crippen molar-refractivity contribution in [3.05, 3.63) is 65.5 Å². The Morgan fingerprint density at radius 2 is 1.69 bits per heavy atom. The van der Waals surface area contributed by atoms with E-state index >= 15 is 0 Å². The van der Waals surface area contributed by atoms with Crippen LogP contribution in [0.1, 0.15) is 25.0 Å². The molecule has 0 saturated carbocycles. The van der Waals surface area contributed by atoms with Crippen molar-refractivity contribution in [3.8, 4) is 6.07 Å². The summed E-state index contributed by atoms with van der Waals surface area (Å²) < 4.78 is 28.1. The zero-order chi connectivity index (χ0) is 26.6. The monoisotopic (exact) mass is 501 g/mol. The lowest BCUT2D eigenvalue weighted by atomic mass is 10.1. The van der Waals surface area contributed by atoms with Gasteiger partial charge in [-0.15, -0.1) is 0 Å². The molecule has 0 saturated heterocycles. The first-order valence-corrected chi connectivity index (χ1v) is 11.0. The number of alkyl carbamates (subject to hydrolysis) is 1. The number of hydrogen-bond donors (Lipinski definition) is 3. The maximum atomic E-state index is 13.0. The van der Waals surface area contributed by atoms with E-state index in [4.69, 9.17) is 19.5 Å². The van der Waals surface area contributed by atoms with Gasteiger partial charge >= 0.3 is 12.1 Å². The molecule has 0 heterocycles. The van der Waals surface area contributed by atoms with Gasteiger partial charge in [-0.2, -0.15) is 5.26 Å². The SMILES string of the molecule is CC(C)(O)COC[C@H](NC(=O)OCc1ccc(NC(=O)Cc2ccc(F)cc2)cc1)C(=O)OCC#N. The number of aliphatic hydroxyl groups is 1. The van der Waals surface area contributed by atoms with E-state index in [0.717, 1.165) is 0 Å². The first-order valence-electron chi connectivity index (χ1n) is 11.0. The molecule has 0 unspecified atom stereocenters.